The standard InChI is InChI=1S/C18H18FN5O3/c1-11-9-12(2)24-18(21-11)22-16(23-24)17(26)27-10-15(25)20-8-7-13-3-5-14(19)6-4-13/h3-6,9H,7-8,10H2,1-2H3,(H,20,25). The third-order valence-electron chi connectivity index (χ3n) is 3.78. The lowest BCUT2D eigenvalue weighted by molar-refractivity contribution is -0.124. The highest BCUT2D eigenvalue weighted by Gasteiger charge is 2.17. The first-order valence-corrected chi connectivity index (χ1v) is 8.31. The molecule has 140 valence electrons. The van der Waals surface area contributed by atoms with Crippen molar-refractivity contribution >= 4 is 17.7 Å². The van der Waals surface area contributed by atoms with Crippen LogP contribution < -0.4 is 5.32 Å². The fourth-order valence-corrected chi connectivity index (χ4v) is 2.50. The van der Waals surface area contributed by atoms with Crippen LogP contribution in [0.1, 0.15) is 27.6 Å². The van der Waals surface area contributed by atoms with Gasteiger partial charge in [0.15, 0.2) is 6.61 Å². The Hall–Kier alpha value is -3.36. The average Bonchev–Trinajstić information content (AvgIpc) is 3.06. The molecular weight excluding hydrogens is 353 g/mol. The molecular formula is C18H18FN5O3. The molecule has 0 atom stereocenters. The largest absolute Gasteiger partial charge is 0.450 e. The van der Waals surface area contributed by atoms with Gasteiger partial charge in [0, 0.05) is 17.9 Å². The first-order valence-electron chi connectivity index (χ1n) is 8.31. The minimum atomic E-state index is -0.800. The van der Waals surface area contributed by atoms with Crippen LogP contribution in [0.3, 0.4) is 0 Å². The maximum atomic E-state index is 12.8. The van der Waals surface area contributed by atoms with Crippen molar-refractivity contribution in [2.45, 2.75) is 20.3 Å². The third kappa shape index (κ3) is 4.63. The van der Waals surface area contributed by atoms with E-state index in [0.717, 1.165) is 17.0 Å². The number of carbonyl (C=O) groups is 2. The predicted molar refractivity (Wildman–Crippen MR) is 93.7 cm³/mol. The van der Waals surface area contributed by atoms with Crippen molar-refractivity contribution in [2.75, 3.05) is 13.2 Å². The molecule has 0 spiro atoms. The number of amides is 1. The summed E-state index contributed by atoms with van der Waals surface area (Å²) < 4.78 is 19.2. The van der Waals surface area contributed by atoms with Gasteiger partial charge in [0.2, 0.25) is 0 Å². The minimum Gasteiger partial charge on any atom is -0.450 e. The van der Waals surface area contributed by atoms with Crippen molar-refractivity contribution in [1.29, 1.82) is 0 Å². The number of nitrogens with one attached hydrogen (secondary N) is 1. The predicted octanol–water partition coefficient (Wildman–Crippen LogP) is 1.40. The van der Waals surface area contributed by atoms with Crippen molar-refractivity contribution in [3.05, 3.63) is 58.9 Å². The normalized spacial score (nSPS) is 10.8. The van der Waals surface area contributed by atoms with Gasteiger partial charge in [-0.3, -0.25) is 4.79 Å². The van der Waals surface area contributed by atoms with Crippen LogP contribution in [0.2, 0.25) is 0 Å². The monoisotopic (exact) mass is 371 g/mol. The van der Waals surface area contributed by atoms with Crippen LogP contribution >= 0.6 is 0 Å². The number of carbonyl (C=O) groups excluding carboxylic acids is 2. The Labute approximate surface area is 154 Å². The number of rotatable bonds is 6. The summed E-state index contributed by atoms with van der Waals surface area (Å²) in [5.41, 5.74) is 2.43. The number of esters is 1. The molecule has 0 saturated carbocycles. The smallest absolute Gasteiger partial charge is 0.378 e. The average molecular weight is 371 g/mol. The molecule has 27 heavy (non-hydrogen) atoms. The first kappa shape index (κ1) is 18.4. The lowest BCUT2D eigenvalue weighted by Crippen LogP contribution is -2.30. The Balaban J connectivity index is 1.49. The van der Waals surface area contributed by atoms with Gasteiger partial charge < -0.3 is 10.1 Å². The van der Waals surface area contributed by atoms with Crippen molar-refractivity contribution in [3.63, 3.8) is 0 Å². The van der Waals surface area contributed by atoms with Gasteiger partial charge in [-0.1, -0.05) is 12.1 Å². The summed E-state index contributed by atoms with van der Waals surface area (Å²) in [6.07, 6.45) is 0.540. The van der Waals surface area contributed by atoms with Crippen LogP contribution in [0.4, 0.5) is 4.39 Å². The Morgan fingerprint density at radius 2 is 1.93 bits per heavy atom. The molecule has 8 nitrogen and oxygen atoms in total. The van der Waals surface area contributed by atoms with Crippen molar-refractivity contribution in [1.82, 2.24) is 24.9 Å². The van der Waals surface area contributed by atoms with E-state index in [4.69, 9.17) is 4.74 Å². The molecule has 3 aromatic rings. The molecule has 0 aliphatic rings. The second-order valence-corrected chi connectivity index (χ2v) is 5.99. The van der Waals surface area contributed by atoms with Crippen molar-refractivity contribution < 1.29 is 18.7 Å². The zero-order chi connectivity index (χ0) is 19.4. The molecule has 0 unspecified atom stereocenters. The van der Waals surface area contributed by atoms with Crippen LogP contribution in [0.25, 0.3) is 5.78 Å². The van der Waals surface area contributed by atoms with E-state index < -0.39 is 18.5 Å². The third-order valence-corrected chi connectivity index (χ3v) is 3.78. The molecule has 1 amide bonds. The summed E-state index contributed by atoms with van der Waals surface area (Å²) in [7, 11) is 0. The van der Waals surface area contributed by atoms with E-state index in [-0.39, 0.29) is 11.6 Å². The quantitative estimate of drug-likeness (QED) is 0.658. The van der Waals surface area contributed by atoms with E-state index in [0.29, 0.717) is 18.7 Å². The molecule has 0 aliphatic carbocycles. The molecule has 0 bridgehead atoms. The summed E-state index contributed by atoms with van der Waals surface area (Å²) >= 11 is 0. The lowest BCUT2D eigenvalue weighted by atomic mass is 10.1. The molecule has 0 saturated heterocycles. The summed E-state index contributed by atoms with van der Waals surface area (Å²) in [5, 5.41) is 6.67. The van der Waals surface area contributed by atoms with Gasteiger partial charge in [0.05, 0.1) is 0 Å². The van der Waals surface area contributed by atoms with Crippen molar-refractivity contribution in [2.24, 2.45) is 0 Å². The van der Waals surface area contributed by atoms with Crippen LogP contribution in [0.5, 0.6) is 0 Å². The van der Waals surface area contributed by atoms with Crippen LogP contribution in [-0.2, 0) is 16.0 Å². The number of benzene rings is 1. The SMILES string of the molecule is Cc1cc(C)n2nc(C(=O)OCC(=O)NCCc3ccc(F)cc3)nc2n1. The summed E-state index contributed by atoms with van der Waals surface area (Å²) in [4.78, 5) is 32.0. The second kappa shape index (κ2) is 7.90. The molecule has 0 radical (unpaired) electrons. The van der Waals surface area contributed by atoms with E-state index in [1.165, 1.54) is 16.6 Å². The van der Waals surface area contributed by atoms with Gasteiger partial charge in [-0.15, -0.1) is 5.10 Å². The number of halogens is 1. The minimum absolute atomic E-state index is 0.157. The zero-order valence-electron chi connectivity index (χ0n) is 14.9. The van der Waals surface area contributed by atoms with E-state index in [9.17, 15) is 14.0 Å². The number of nitrogens with zero attached hydrogens (tertiary/aromatic N) is 4. The molecule has 9 heteroatoms. The first-order chi connectivity index (χ1) is 12.9. The van der Waals surface area contributed by atoms with Crippen molar-refractivity contribution in [3.8, 4) is 0 Å². The number of fused-ring (bicyclic) bond motifs is 1. The van der Waals surface area contributed by atoms with Gasteiger partial charge in [0.1, 0.15) is 5.82 Å². The van der Waals surface area contributed by atoms with Gasteiger partial charge in [-0.05, 0) is 44.0 Å². The second-order valence-electron chi connectivity index (χ2n) is 5.99. The zero-order valence-corrected chi connectivity index (χ0v) is 14.9. The van der Waals surface area contributed by atoms with Gasteiger partial charge in [-0.25, -0.2) is 18.7 Å². The van der Waals surface area contributed by atoms with E-state index >= 15 is 0 Å². The highest BCUT2D eigenvalue weighted by atomic mass is 19.1. The Morgan fingerprint density at radius 3 is 2.67 bits per heavy atom. The number of ether oxygens (including phenoxy) is 1. The van der Waals surface area contributed by atoms with E-state index in [1.807, 2.05) is 19.9 Å². The maximum absolute atomic E-state index is 12.8. The van der Waals surface area contributed by atoms with Gasteiger partial charge in [-0.2, -0.15) is 4.98 Å². The van der Waals surface area contributed by atoms with Gasteiger partial charge >= 0.3 is 5.97 Å². The lowest BCUT2D eigenvalue weighted by Gasteiger charge is -2.05. The molecule has 2 aromatic heterocycles. The van der Waals surface area contributed by atoms with E-state index in [1.54, 1.807) is 12.1 Å². The molecule has 0 aliphatic heterocycles. The fraction of sp³-hybridized carbons (Fsp3) is 0.278. The molecule has 3 rings (SSSR count). The Bertz CT molecular complexity index is 985. The number of aromatic nitrogens is 4. The Morgan fingerprint density at radius 1 is 1.19 bits per heavy atom. The van der Waals surface area contributed by atoms with E-state index in [2.05, 4.69) is 20.4 Å². The van der Waals surface area contributed by atoms with Crippen LogP contribution in [-0.4, -0.2) is 44.6 Å². The molecule has 1 aromatic carbocycles. The van der Waals surface area contributed by atoms with Gasteiger partial charge in [0.25, 0.3) is 17.5 Å². The molecule has 1 N–H and O–H groups in total. The summed E-state index contributed by atoms with van der Waals surface area (Å²) in [6.45, 7) is 3.54. The number of hydrogen-bond donors (Lipinski definition) is 1. The maximum Gasteiger partial charge on any atom is 0.378 e. The number of hydrogen-bond acceptors (Lipinski definition) is 6. The number of aryl methyl sites for hydroxylation is 2. The summed E-state index contributed by atoms with van der Waals surface area (Å²) in [5.74, 6) is -1.42. The highest BCUT2D eigenvalue weighted by molar-refractivity contribution is 5.88. The molecule has 2 heterocycles. The molecule has 0 fully saturated rings. The topological polar surface area (TPSA) is 98.5 Å². The summed E-state index contributed by atoms with van der Waals surface area (Å²) in [6, 6.07) is 7.83. The Kier molecular flexibility index (Phi) is 5.39. The highest BCUT2D eigenvalue weighted by Crippen LogP contribution is 2.06. The fourth-order valence-electron chi connectivity index (χ4n) is 2.50. The van der Waals surface area contributed by atoms with Crippen LogP contribution in [0, 0.1) is 19.7 Å². The van der Waals surface area contributed by atoms with Crippen LogP contribution in [0.15, 0.2) is 30.3 Å².